The van der Waals surface area contributed by atoms with E-state index in [0.29, 0.717) is 5.56 Å². The molecule has 0 spiro atoms. The number of furan rings is 1. The van der Waals surface area contributed by atoms with Gasteiger partial charge in [0.25, 0.3) is 0 Å². The summed E-state index contributed by atoms with van der Waals surface area (Å²) in [4.78, 5) is -0.0286. The Hall–Kier alpha value is -1.70. The molecule has 0 amide bonds. The Labute approximate surface area is 122 Å². The first-order valence-electron chi connectivity index (χ1n) is 6.24. The van der Waals surface area contributed by atoms with E-state index in [-0.39, 0.29) is 17.2 Å². The van der Waals surface area contributed by atoms with Gasteiger partial charge in [-0.2, -0.15) is 0 Å². The van der Waals surface area contributed by atoms with Crippen molar-refractivity contribution in [3.05, 3.63) is 53.7 Å². The van der Waals surface area contributed by atoms with Crippen molar-refractivity contribution in [1.29, 1.82) is 0 Å². The lowest BCUT2D eigenvalue weighted by atomic mass is 10.1. The minimum atomic E-state index is -3.85. The zero-order valence-electron chi connectivity index (χ0n) is 11.6. The quantitative estimate of drug-likeness (QED) is 0.884. The van der Waals surface area contributed by atoms with Crippen molar-refractivity contribution in [1.82, 2.24) is 4.72 Å². The average molecular weight is 313 g/mol. The minimum absolute atomic E-state index is 0.0286. The lowest BCUT2D eigenvalue weighted by molar-refractivity contribution is 0.0395. The third-order valence-electron chi connectivity index (χ3n) is 3.08. The smallest absolute Gasteiger partial charge is 0.240 e. The monoisotopic (exact) mass is 313 g/mol. The largest absolute Gasteiger partial charge is 0.466 e. The number of halogens is 1. The van der Waals surface area contributed by atoms with Crippen LogP contribution in [0.5, 0.6) is 0 Å². The van der Waals surface area contributed by atoms with Crippen LogP contribution in [0, 0.1) is 12.7 Å². The van der Waals surface area contributed by atoms with E-state index in [1.54, 1.807) is 12.1 Å². The van der Waals surface area contributed by atoms with Gasteiger partial charge in [-0.3, -0.25) is 0 Å². The normalized spacial score (nSPS) is 14.9. The minimum Gasteiger partial charge on any atom is -0.466 e. The van der Waals surface area contributed by atoms with Crippen molar-refractivity contribution in [2.24, 2.45) is 0 Å². The molecule has 0 aliphatic heterocycles. The molecule has 0 saturated heterocycles. The van der Waals surface area contributed by atoms with Crippen LogP contribution in [0.15, 0.2) is 45.9 Å². The number of hydrogen-bond donors (Lipinski definition) is 2. The van der Waals surface area contributed by atoms with Gasteiger partial charge in [0, 0.05) is 6.54 Å². The molecule has 21 heavy (non-hydrogen) atoms. The molecule has 0 aliphatic carbocycles. The Bertz CT molecular complexity index is 723. The van der Waals surface area contributed by atoms with Gasteiger partial charge in [-0.05, 0) is 49.7 Å². The summed E-state index contributed by atoms with van der Waals surface area (Å²) in [7, 11) is -3.85. The molecule has 0 saturated carbocycles. The van der Waals surface area contributed by atoms with Crippen LogP contribution >= 0.6 is 0 Å². The molecule has 1 aromatic heterocycles. The van der Waals surface area contributed by atoms with Crippen molar-refractivity contribution in [2.45, 2.75) is 24.3 Å². The number of benzene rings is 1. The van der Waals surface area contributed by atoms with E-state index in [1.165, 1.54) is 26.2 Å². The number of aliphatic hydroxyl groups is 1. The molecule has 5 nitrogen and oxygen atoms in total. The summed E-state index contributed by atoms with van der Waals surface area (Å²) < 4.78 is 44.8. The van der Waals surface area contributed by atoms with E-state index in [4.69, 9.17) is 4.42 Å². The summed E-state index contributed by atoms with van der Waals surface area (Å²) in [6.07, 6.45) is 1.39. The molecular weight excluding hydrogens is 297 g/mol. The third kappa shape index (κ3) is 3.49. The summed E-state index contributed by atoms with van der Waals surface area (Å²) in [5.74, 6) is -0.255. The van der Waals surface area contributed by atoms with E-state index in [1.807, 2.05) is 0 Å². The average Bonchev–Trinajstić information content (AvgIpc) is 2.91. The molecule has 7 heteroatoms. The number of sulfonamides is 1. The van der Waals surface area contributed by atoms with Crippen LogP contribution in [0.4, 0.5) is 4.39 Å². The molecule has 2 aromatic rings. The fraction of sp³-hybridized carbons (Fsp3) is 0.286. The van der Waals surface area contributed by atoms with Crippen molar-refractivity contribution in [2.75, 3.05) is 6.54 Å². The van der Waals surface area contributed by atoms with Crippen LogP contribution in [0.25, 0.3) is 0 Å². The summed E-state index contributed by atoms with van der Waals surface area (Å²) >= 11 is 0. The van der Waals surface area contributed by atoms with Gasteiger partial charge in [0.15, 0.2) is 0 Å². The number of hydrogen-bond acceptors (Lipinski definition) is 4. The zero-order valence-corrected chi connectivity index (χ0v) is 12.4. The molecule has 0 bridgehead atoms. The lowest BCUT2D eigenvalue weighted by Gasteiger charge is -2.21. The van der Waals surface area contributed by atoms with Gasteiger partial charge in [-0.1, -0.05) is 0 Å². The van der Waals surface area contributed by atoms with E-state index in [0.717, 1.165) is 12.1 Å². The molecule has 0 radical (unpaired) electrons. The van der Waals surface area contributed by atoms with Gasteiger partial charge in [-0.15, -0.1) is 0 Å². The highest BCUT2D eigenvalue weighted by Crippen LogP contribution is 2.22. The fourth-order valence-electron chi connectivity index (χ4n) is 1.90. The molecule has 1 atom stereocenters. The molecule has 114 valence electrons. The molecule has 2 rings (SSSR count). The number of aryl methyl sites for hydroxylation is 1. The van der Waals surface area contributed by atoms with Crippen LogP contribution in [0.3, 0.4) is 0 Å². The van der Waals surface area contributed by atoms with Crippen LogP contribution < -0.4 is 4.72 Å². The van der Waals surface area contributed by atoms with Gasteiger partial charge in [-0.25, -0.2) is 17.5 Å². The van der Waals surface area contributed by atoms with E-state index in [9.17, 15) is 17.9 Å². The Balaban J connectivity index is 2.19. The maximum atomic E-state index is 13.0. The summed E-state index contributed by atoms with van der Waals surface area (Å²) in [6, 6.07) is 6.56. The Morgan fingerprint density at radius 2 is 2.10 bits per heavy atom. The van der Waals surface area contributed by atoms with E-state index < -0.39 is 21.4 Å². The highest BCUT2D eigenvalue weighted by atomic mass is 32.2. The second kappa shape index (κ2) is 5.59. The second-order valence-electron chi connectivity index (χ2n) is 4.99. The predicted octanol–water partition coefficient (Wildman–Crippen LogP) is 1.91. The van der Waals surface area contributed by atoms with Gasteiger partial charge >= 0.3 is 0 Å². The maximum Gasteiger partial charge on any atom is 0.240 e. The van der Waals surface area contributed by atoms with Gasteiger partial charge in [0.05, 0.1) is 11.2 Å². The SMILES string of the molecule is Cc1cc(F)ccc1S(=O)(=O)NC[C@@](C)(O)c1ccco1. The summed E-state index contributed by atoms with van der Waals surface area (Å²) in [5.41, 5.74) is -1.19. The molecule has 1 heterocycles. The molecule has 0 fully saturated rings. The predicted molar refractivity (Wildman–Crippen MR) is 74.6 cm³/mol. The molecule has 1 aromatic carbocycles. The lowest BCUT2D eigenvalue weighted by Crippen LogP contribution is -2.38. The fourth-order valence-corrected chi connectivity index (χ4v) is 3.26. The van der Waals surface area contributed by atoms with Gasteiger partial charge in [0.1, 0.15) is 17.2 Å². The number of nitrogens with one attached hydrogen (secondary N) is 1. The van der Waals surface area contributed by atoms with E-state index in [2.05, 4.69) is 4.72 Å². The molecule has 0 unspecified atom stereocenters. The first kappa shape index (κ1) is 15.7. The highest BCUT2D eigenvalue weighted by molar-refractivity contribution is 7.89. The standard InChI is InChI=1S/C14H16FNO4S/c1-10-8-11(15)5-6-12(10)21(18,19)16-9-14(2,17)13-4-3-7-20-13/h3-8,16-17H,9H2,1-2H3/t14-/m1/s1. The Morgan fingerprint density at radius 3 is 2.67 bits per heavy atom. The van der Waals surface area contributed by atoms with Gasteiger partial charge < -0.3 is 9.52 Å². The zero-order chi connectivity index (χ0) is 15.7. The van der Waals surface area contributed by atoms with Crippen LogP contribution in [-0.2, 0) is 15.6 Å². The van der Waals surface area contributed by atoms with Crippen molar-refractivity contribution >= 4 is 10.0 Å². The van der Waals surface area contributed by atoms with Crippen molar-refractivity contribution < 1.29 is 22.3 Å². The number of rotatable bonds is 5. The summed E-state index contributed by atoms with van der Waals surface area (Å²) in [5, 5.41) is 10.2. The first-order valence-corrected chi connectivity index (χ1v) is 7.73. The van der Waals surface area contributed by atoms with Crippen LogP contribution in [0.1, 0.15) is 18.2 Å². The van der Waals surface area contributed by atoms with Gasteiger partial charge in [0.2, 0.25) is 10.0 Å². The van der Waals surface area contributed by atoms with Crippen LogP contribution in [-0.4, -0.2) is 20.1 Å². The molecular formula is C14H16FNO4S. The summed E-state index contributed by atoms with van der Waals surface area (Å²) in [6.45, 7) is 2.67. The van der Waals surface area contributed by atoms with Crippen LogP contribution in [0.2, 0.25) is 0 Å². The van der Waals surface area contributed by atoms with E-state index >= 15 is 0 Å². The molecule has 2 N–H and O–H groups in total. The Kier molecular flexibility index (Phi) is 4.18. The maximum absolute atomic E-state index is 13.0. The van der Waals surface area contributed by atoms with Crippen molar-refractivity contribution in [3.63, 3.8) is 0 Å². The second-order valence-corrected chi connectivity index (χ2v) is 6.72. The first-order chi connectivity index (χ1) is 9.72. The highest BCUT2D eigenvalue weighted by Gasteiger charge is 2.29. The third-order valence-corrected chi connectivity index (χ3v) is 4.65. The molecule has 0 aliphatic rings. The van der Waals surface area contributed by atoms with Crippen molar-refractivity contribution in [3.8, 4) is 0 Å². The topological polar surface area (TPSA) is 79.5 Å². The Morgan fingerprint density at radius 1 is 1.38 bits per heavy atom.